The number of oxime groups is 1. The lowest BCUT2D eigenvalue weighted by Crippen LogP contribution is -2.07. The topological polar surface area (TPSA) is 67.6 Å². The molecule has 0 aliphatic heterocycles. The molecule has 0 aliphatic carbocycles. The Morgan fingerprint density at radius 1 is 1.28 bits per heavy atom. The minimum Gasteiger partial charge on any atom is -0.481 e. The molecule has 5 nitrogen and oxygen atoms in total. The molecule has 5 heteroatoms. The van der Waals surface area contributed by atoms with Gasteiger partial charge in [-0.2, -0.15) is 0 Å². The van der Waals surface area contributed by atoms with Gasteiger partial charge in [0.05, 0.1) is 18.5 Å². The van der Waals surface area contributed by atoms with Crippen molar-refractivity contribution in [2.45, 2.75) is 6.42 Å². The fourth-order valence-corrected chi connectivity index (χ4v) is 1.58. The largest absolute Gasteiger partial charge is 0.481 e. The Morgan fingerprint density at radius 3 is 2.72 bits per heavy atom. The van der Waals surface area contributed by atoms with Crippen LogP contribution in [-0.4, -0.2) is 28.0 Å². The van der Waals surface area contributed by atoms with E-state index in [0.717, 1.165) is 11.3 Å². The van der Waals surface area contributed by atoms with Crippen molar-refractivity contribution in [1.29, 1.82) is 0 Å². The summed E-state index contributed by atoms with van der Waals surface area (Å²) in [5.41, 5.74) is 2.15. The molecule has 1 heterocycles. The first-order valence-electron chi connectivity index (χ1n) is 5.44. The molecule has 0 saturated heterocycles. The monoisotopic (exact) mass is 243 g/mol. The van der Waals surface area contributed by atoms with Gasteiger partial charge in [0.25, 0.3) is 0 Å². The number of benzene rings is 1. The van der Waals surface area contributed by atoms with Gasteiger partial charge >= 0.3 is 0 Å². The molecule has 2 aromatic rings. The van der Waals surface area contributed by atoms with Crippen molar-refractivity contribution in [2.75, 3.05) is 7.11 Å². The van der Waals surface area contributed by atoms with Crippen LogP contribution in [0.25, 0.3) is 0 Å². The molecule has 0 unspecified atom stereocenters. The number of hydrogen-bond donors (Lipinski definition) is 1. The van der Waals surface area contributed by atoms with Crippen molar-refractivity contribution in [3.05, 3.63) is 54.0 Å². The third kappa shape index (κ3) is 2.82. The smallest absolute Gasteiger partial charge is 0.216 e. The minimum absolute atomic E-state index is 0.416. The van der Waals surface area contributed by atoms with E-state index in [1.165, 1.54) is 6.33 Å². The van der Waals surface area contributed by atoms with Crippen LogP contribution in [-0.2, 0) is 6.42 Å². The van der Waals surface area contributed by atoms with Gasteiger partial charge in [-0.15, -0.1) is 0 Å². The van der Waals surface area contributed by atoms with Crippen molar-refractivity contribution in [1.82, 2.24) is 9.97 Å². The average molecular weight is 243 g/mol. The Hall–Kier alpha value is -2.43. The Morgan fingerprint density at radius 2 is 2.06 bits per heavy atom. The summed E-state index contributed by atoms with van der Waals surface area (Å²) < 4.78 is 5.02. The third-order valence-electron chi connectivity index (χ3n) is 2.48. The minimum atomic E-state index is 0.416. The first-order valence-corrected chi connectivity index (χ1v) is 5.44. The van der Waals surface area contributed by atoms with Crippen LogP contribution in [0.5, 0.6) is 5.88 Å². The van der Waals surface area contributed by atoms with Crippen LogP contribution in [0.1, 0.15) is 11.3 Å². The summed E-state index contributed by atoms with van der Waals surface area (Å²) >= 11 is 0. The quantitative estimate of drug-likeness (QED) is 0.506. The highest BCUT2D eigenvalue weighted by Gasteiger charge is 2.07. The van der Waals surface area contributed by atoms with Crippen molar-refractivity contribution in [3.8, 4) is 5.88 Å². The van der Waals surface area contributed by atoms with Gasteiger partial charge in [0.1, 0.15) is 6.33 Å². The summed E-state index contributed by atoms with van der Waals surface area (Å²) in [6.07, 6.45) is 1.84. The Balaban J connectivity index is 2.21. The fraction of sp³-hybridized carbons (Fsp3) is 0.154. The number of methoxy groups -OCH3 is 1. The Bertz CT molecular complexity index is 541. The number of rotatable bonds is 4. The molecule has 0 fully saturated rings. The molecule has 0 bridgehead atoms. The normalized spacial score (nSPS) is 11.3. The standard InChI is InChI=1S/C13H13N3O2/c1-18-13-8-11(14-9-15-13)7-12(16-17)10-5-3-2-4-6-10/h2-6,8-9,17H,7H2,1H3. The second kappa shape index (κ2) is 5.77. The van der Waals surface area contributed by atoms with Crippen molar-refractivity contribution < 1.29 is 9.94 Å². The molecule has 18 heavy (non-hydrogen) atoms. The second-order valence-corrected chi connectivity index (χ2v) is 3.64. The van der Waals surface area contributed by atoms with Gasteiger partial charge in [0, 0.05) is 12.5 Å². The molecule has 1 aromatic carbocycles. The van der Waals surface area contributed by atoms with Crippen LogP contribution in [0.4, 0.5) is 0 Å². The van der Waals surface area contributed by atoms with E-state index in [0.29, 0.717) is 18.0 Å². The van der Waals surface area contributed by atoms with Gasteiger partial charge in [0.2, 0.25) is 5.88 Å². The molecule has 0 spiro atoms. The number of aromatic nitrogens is 2. The molecule has 1 aromatic heterocycles. The summed E-state index contributed by atoms with van der Waals surface area (Å²) in [5.74, 6) is 0.491. The third-order valence-corrected chi connectivity index (χ3v) is 2.48. The Kier molecular flexibility index (Phi) is 3.86. The lowest BCUT2D eigenvalue weighted by Gasteiger charge is -2.05. The van der Waals surface area contributed by atoms with Gasteiger partial charge in [-0.25, -0.2) is 9.97 Å². The molecular weight excluding hydrogens is 230 g/mol. The molecule has 0 amide bonds. The fourth-order valence-electron chi connectivity index (χ4n) is 1.58. The van der Waals surface area contributed by atoms with Gasteiger partial charge < -0.3 is 9.94 Å². The van der Waals surface area contributed by atoms with E-state index in [4.69, 9.17) is 9.94 Å². The number of nitrogens with zero attached hydrogens (tertiary/aromatic N) is 3. The maximum Gasteiger partial charge on any atom is 0.216 e. The van der Waals surface area contributed by atoms with E-state index in [1.54, 1.807) is 13.2 Å². The SMILES string of the molecule is COc1cc(CC(=NO)c2ccccc2)ncn1. The van der Waals surface area contributed by atoms with E-state index in [-0.39, 0.29) is 0 Å². The van der Waals surface area contributed by atoms with Gasteiger partial charge in [-0.3, -0.25) is 0 Å². The van der Waals surface area contributed by atoms with Gasteiger partial charge in [-0.05, 0) is 5.56 Å². The lowest BCUT2D eigenvalue weighted by molar-refractivity contribution is 0.318. The zero-order valence-corrected chi connectivity index (χ0v) is 9.95. The lowest BCUT2D eigenvalue weighted by atomic mass is 10.1. The summed E-state index contributed by atoms with van der Waals surface area (Å²) in [6.45, 7) is 0. The molecule has 0 atom stereocenters. The summed E-state index contributed by atoms with van der Waals surface area (Å²) in [5, 5.41) is 12.4. The molecule has 2 rings (SSSR count). The highest BCUT2D eigenvalue weighted by molar-refractivity contribution is 6.01. The zero-order chi connectivity index (χ0) is 12.8. The molecule has 1 N–H and O–H groups in total. The summed E-state index contributed by atoms with van der Waals surface area (Å²) in [4.78, 5) is 8.05. The molecule has 0 radical (unpaired) electrons. The molecule has 0 saturated carbocycles. The molecule has 92 valence electrons. The van der Waals surface area contributed by atoms with Crippen LogP contribution in [0.15, 0.2) is 47.9 Å². The van der Waals surface area contributed by atoms with Gasteiger partial charge in [-0.1, -0.05) is 35.5 Å². The first kappa shape index (κ1) is 12.0. The van der Waals surface area contributed by atoms with Crippen LogP contribution in [0, 0.1) is 0 Å². The molecule has 0 aliphatic rings. The Labute approximate surface area is 105 Å². The van der Waals surface area contributed by atoms with Crippen molar-refractivity contribution >= 4 is 5.71 Å². The predicted molar refractivity (Wildman–Crippen MR) is 67.1 cm³/mol. The first-order chi connectivity index (χ1) is 8.83. The summed E-state index contributed by atoms with van der Waals surface area (Å²) in [7, 11) is 1.55. The zero-order valence-electron chi connectivity index (χ0n) is 9.95. The highest BCUT2D eigenvalue weighted by Crippen LogP contribution is 2.10. The number of hydrogen-bond acceptors (Lipinski definition) is 5. The van der Waals surface area contributed by atoms with Gasteiger partial charge in [0.15, 0.2) is 0 Å². The van der Waals surface area contributed by atoms with Crippen molar-refractivity contribution in [2.24, 2.45) is 5.16 Å². The van der Waals surface area contributed by atoms with Crippen LogP contribution >= 0.6 is 0 Å². The maximum absolute atomic E-state index is 9.08. The van der Waals surface area contributed by atoms with Crippen molar-refractivity contribution in [3.63, 3.8) is 0 Å². The van der Waals surface area contributed by atoms with Crippen LogP contribution in [0.2, 0.25) is 0 Å². The van der Waals surface area contributed by atoms with Crippen LogP contribution < -0.4 is 4.74 Å². The van der Waals surface area contributed by atoms with E-state index < -0.39 is 0 Å². The highest BCUT2D eigenvalue weighted by atomic mass is 16.5. The van der Waals surface area contributed by atoms with E-state index >= 15 is 0 Å². The molecular formula is C13H13N3O2. The van der Waals surface area contributed by atoms with E-state index in [2.05, 4.69) is 15.1 Å². The number of ether oxygens (including phenoxy) is 1. The average Bonchev–Trinajstić information content (AvgIpc) is 2.46. The van der Waals surface area contributed by atoms with Crippen LogP contribution in [0.3, 0.4) is 0 Å². The summed E-state index contributed by atoms with van der Waals surface area (Å²) in [6, 6.07) is 11.2. The van der Waals surface area contributed by atoms with E-state index in [9.17, 15) is 0 Å². The maximum atomic E-state index is 9.08. The predicted octanol–water partition coefficient (Wildman–Crippen LogP) is 1.91. The second-order valence-electron chi connectivity index (χ2n) is 3.64. The van der Waals surface area contributed by atoms with E-state index in [1.807, 2.05) is 30.3 Å².